The summed E-state index contributed by atoms with van der Waals surface area (Å²) in [6, 6.07) is 3.84. The number of piperidine rings is 1. The molecule has 8 heteroatoms. The quantitative estimate of drug-likeness (QED) is 0.427. The van der Waals surface area contributed by atoms with Gasteiger partial charge in [0.15, 0.2) is 18.2 Å². The largest absolute Gasteiger partial charge is 0.461 e. The fourth-order valence-electron chi connectivity index (χ4n) is 3.63. The Morgan fingerprint density at radius 1 is 1.29 bits per heavy atom. The van der Waals surface area contributed by atoms with Gasteiger partial charge in [-0.05, 0) is 58.4 Å². The monoisotopic (exact) mass is 403 g/mol. The Hall–Kier alpha value is -2.35. The first-order valence-electron chi connectivity index (χ1n) is 9.37. The molecule has 7 nitrogen and oxygen atoms in total. The van der Waals surface area contributed by atoms with E-state index in [1.165, 1.54) is 11.8 Å². The molecule has 0 N–H and O–H groups in total. The molecule has 1 amide bonds. The summed E-state index contributed by atoms with van der Waals surface area (Å²) in [7, 11) is 0. The van der Waals surface area contributed by atoms with Crippen molar-refractivity contribution >= 4 is 23.6 Å². The average molecular weight is 404 g/mol. The molecule has 2 aromatic rings. The zero-order valence-electron chi connectivity index (χ0n) is 16.6. The summed E-state index contributed by atoms with van der Waals surface area (Å²) in [6.07, 6.45) is 6.43. The van der Waals surface area contributed by atoms with Crippen LogP contribution in [0.5, 0.6) is 0 Å². The Labute approximate surface area is 168 Å². The first kappa shape index (κ1) is 20.4. The van der Waals surface area contributed by atoms with Crippen LogP contribution in [-0.2, 0) is 9.53 Å². The van der Waals surface area contributed by atoms with Crippen LogP contribution in [0.1, 0.15) is 49.2 Å². The zero-order valence-corrected chi connectivity index (χ0v) is 17.4. The van der Waals surface area contributed by atoms with Crippen LogP contribution < -0.4 is 0 Å². The van der Waals surface area contributed by atoms with Crippen molar-refractivity contribution in [3.63, 3.8) is 0 Å². The molecule has 2 aromatic heterocycles. The molecule has 3 rings (SSSR count). The number of aryl methyl sites for hydroxylation is 1. The molecule has 1 saturated heterocycles. The molecule has 1 fully saturated rings. The maximum Gasteiger partial charge on any atom is 0.343 e. The molecular formula is C20H25N3O4S. The Bertz CT molecular complexity index is 843. The van der Waals surface area contributed by atoms with Crippen molar-refractivity contribution in [1.29, 1.82) is 0 Å². The number of furan rings is 1. The first-order chi connectivity index (χ1) is 13.4. The number of aromatic nitrogens is 2. The lowest BCUT2D eigenvalue weighted by Gasteiger charge is -2.38. The third-order valence-corrected chi connectivity index (χ3v) is 5.69. The molecule has 1 aliphatic rings. The lowest BCUT2D eigenvalue weighted by atomic mass is 9.97. The molecule has 3 heterocycles. The van der Waals surface area contributed by atoms with E-state index in [2.05, 4.69) is 9.97 Å². The maximum absolute atomic E-state index is 12.7. The highest BCUT2D eigenvalue weighted by Crippen LogP contribution is 2.26. The van der Waals surface area contributed by atoms with E-state index in [1.807, 2.05) is 25.0 Å². The molecule has 0 bridgehead atoms. The van der Waals surface area contributed by atoms with Gasteiger partial charge in [-0.3, -0.25) is 4.79 Å². The summed E-state index contributed by atoms with van der Waals surface area (Å²) in [5, 5.41) is 0.496. The van der Waals surface area contributed by atoms with Crippen molar-refractivity contribution in [2.75, 3.05) is 12.9 Å². The Balaban J connectivity index is 1.74. The van der Waals surface area contributed by atoms with Gasteiger partial charge in [0.05, 0.1) is 12.0 Å². The molecule has 0 unspecified atom stereocenters. The van der Waals surface area contributed by atoms with Gasteiger partial charge in [0.25, 0.3) is 5.91 Å². The normalized spacial score (nSPS) is 19.5. The molecule has 28 heavy (non-hydrogen) atoms. The predicted octanol–water partition coefficient (Wildman–Crippen LogP) is 3.71. The third-order valence-electron chi connectivity index (χ3n) is 5.00. The highest BCUT2D eigenvalue weighted by Gasteiger charge is 2.30. The minimum absolute atomic E-state index is 0.161. The second kappa shape index (κ2) is 8.77. The Kier molecular flexibility index (Phi) is 6.39. The van der Waals surface area contributed by atoms with E-state index in [-0.39, 0.29) is 30.2 Å². The van der Waals surface area contributed by atoms with Gasteiger partial charge >= 0.3 is 5.97 Å². The van der Waals surface area contributed by atoms with Gasteiger partial charge in [-0.25, -0.2) is 14.8 Å². The van der Waals surface area contributed by atoms with Crippen LogP contribution in [0.3, 0.4) is 0 Å². The summed E-state index contributed by atoms with van der Waals surface area (Å²) in [5.41, 5.74) is 0.776. The molecule has 0 radical (unpaired) electrons. The molecule has 0 saturated carbocycles. The first-order valence-corrected chi connectivity index (χ1v) is 10.6. The number of nitrogens with zero attached hydrogens (tertiary/aromatic N) is 3. The number of esters is 1. The fraction of sp³-hybridized carbons (Fsp3) is 0.500. The second-order valence-corrected chi connectivity index (χ2v) is 7.80. The van der Waals surface area contributed by atoms with Gasteiger partial charge in [-0.15, -0.1) is 11.8 Å². The van der Waals surface area contributed by atoms with Crippen LogP contribution >= 0.6 is 11.8 Å². The van der Waals surface area contributed by atoms with E-state index >= 15 is 0 Å². The summed E-state index contributed by atoms with van der Waals surface area (Å²) in [5.74, 6) is 0.194. The number of thioether (sulfide) groups is 1. The number of carbonyl (C=O) groups excluding carboxylic acids is 2. The van der Waals surface area contributed by atoms with Crippen LogP contribution in [0.2, 0.25) is 0 Å². The van der Waals surface area contributed by atoms with Gasteiger partial charge in [0, 0.05) is 12.1 Å². The fourth-order valence-corrected chi connectivity index (χ4v) is 4.25. The maximum atomic E-state index is 12.7. The Morgan fingerprint density at radius 3 is 2.61 bits per heavy atom. The topological polar surface area (TPSA) is 85.5 Å². The number of carbonyl (C=O) groups is 2. The van der Waals surface area contributed by atoms with E-state index in [4.69, 9.17) is 9.15 Å². The average Bonchev–Trinajstić information content (AvgIpc) is 3.20. The van der Waals surface area contributed by atoms with Crippen molar-refractivity contribution in [3.8, 4) is 11.6 Å². The number of ether oxygens (including phenoxy) is 1. The molecule has 0 aliphatic carbocycles. The molecule has 1 aliphatic heterocycles. The lowest BCUT2D eigenvalue weighted by Crippen LogP contribution is -2.49. The van der Waals surface area contributed by atoms with Crippen molar-refractivity contribution < 1.29 is 18.7 Å². The summed E-state index contributed by atoms with van der Waals surface area (Å²) >= 11 is 1.32. The SMILES string of the molecule is CSc1nc(-c2ccco2)nc(C)c1C(=O)OCC(=O)N1[C@@H](C)CCC[C@@H]1C. The van der Waals surface area contributed by atoms with E-state index in [0.717, 1.165) is 19.3 Å². The van der Waals surface area contributed by atoms with Crippen molar-refractivity contribution in [1.82, 2.24) is 14.9 Å². The van der Waals surface area contributed by atoms with Crippen molar-refractivity contribution in [2.24, 2.45) is 0 Å². The Morgan fingerprint density at radius 2 is 2.00 bits per heavy atom. The molecule has 0 spiro atoms. The minimum atomic E-state index is -0.585. The number of likely N-dealkylation sites (tertiary alicyclic amines) is 1. The zero-order chi connectivity index (χ0) is 20.3. The molecule has 0 aromatic carbocycles. The third kappa shape index (κ3) is 4.22. The molecular weight excluding hydrogens is 378 g/mol. The van der Waals surface area contributed by atoms with Crippen LogP contribution in [0.4, 0.5) is 0 Å². The highest BCUT2D eigenvalue weighted by molar-refractivity contribution is 7.98. The van der Waals surface area contributed by atoms with Crippen molar-refractivity contribution in [2.45, 2.75) is 57.1 Å². The van der Waals surface area contributed by atoms with Gasteiger partial charge in [0.2, 0.25) is 0 Å². The standard InChI is InChI=1S/C20H25N3O4S/c1-12-7-5-8-13(2)23(12)16(24)11-27-20(25)17-14(3)21-18(22-19(17)28-4)15-9-6-10-26-15/h6,9-10,12-13H,5,7-8,11H2,1-4H3/t12-,13-/m0/s1. The van der Waals surface area contributed by atoms with Gasteiger partial charge in [-0.2, -0.15) is 0 Å². The van der Waals surface area contributed by atoms with E-state index in [9.17, 15) is 9.59 Å². The van der Waals surface area contributed by atoms with Gasteiger partial charge in [-0.1, -0.05) is 0 Å². The van der Waals surface area contributed by atoms with E-state index < -0.39 is 5.97 Å². The number of rotatable bonds is 5. The van der Waals surface area contributed by atoms with Crippen LogP contribution in [0, 0.1) is 6.92 Å². The number of hydrogen-bond acceptors (Lipinski definition) is 7. The van der Waals surface area contributed by atoms with Crippen LogP contribution in [0.15, 0.2) is 27.8 Å². The summed E-state index contributed by atoms with van der Waals surface area (Å²) in [6.45, 7) is 5.51. The summed E-state index contributed by atoms with van der Waals surface area (Å²) < 4.78 is 10.7. The van der Waals surface area contributed by atoms with Gasteiger partial charge < -0.3 is 14.1 Å². The lowest BCUT2D eigenvalue weighted by molar-refractivity contribution is -0.140. The summed E-state index contributed by atoms with van der Waals surface area (Å²) in [4.78, 5) is 35.9. The van der Waals surface area contributed by atoms with Gasteiger partial charge in [0.1, 0.15) is 10.6 Å². The number of amides is 1. The minimum Gasteiger partial charge on any atom is -0.461 e. The second-order valence-electron chi connectivity index (χ2n) is 7.00. The highest BCUT2D eigenvalue weighted by atomic mass is 32.2. The molecule has 150 valence electrons. The van der Waals surface area contributed by atoms with E-state index in [1.54, 1.807) is 25.3 Å². The smallest absolute Gasteiger partial charge is 0.343 e. The van der Waals surface area contributed by atoms with Crippen LogP contribution in [0.25, 0.3) is 11.6 Å². The predicted molar refractivity (Wildman–Crippen MR) is 106 cm³/mol. The van der Waals surface area contributed by atoms with Crippen molar-refractivity contribution in [3.05, 3.63) is 29.7 Å². The van der Waals surface area contributed by atoms with Crippen LogP contribution in [-0.4, -0.2) is 51.7 Å². The number of hydrogen-bond donors (Lipinski definition) is 0. The molecule has 2 atom stereocenters. The van der Waals surface area contributed by atoms with E-state index in [0.29, 0.717) is 22.3 Å².